The first-order valence-electron chi connectivity index (χ1n) is 5.94. The Hall–Kier alpha value is -1.08. The first-order valence-corrected chi connectivity index (χ1v) is 5.94. The van der Waals surface area contributed by atoms with Gasteiger partial charge in [-0.25, -0.2) is 0 Å². The Balaban J connectivity index is 2.55. The van der Waals surface area contributed by atoms with Crippen LogP contribution in [0.1, 0.15) is 36.5 Å². The molecule has 2 N–H and O–H groups in total. The third-order valence-corrected chi connectivity index (χ3v) is 2.72. The van der Waals surface area contributed by atoms with Crippen LogP contribution in [0, 0.1) is 13.8 Å². The molecule has 0 aliphatic rings. The summed E-state index contributed by atoms with van der Waals surface area (Å²) < 4.78 is 0. The zero-order valence-corrected chi connectivity index (χ0v) is 10.7. The molecule has 0 spiro atoms. The van der Waals surface area contributed by atoms with Crippen molar-refractivity contribution in [3.05, 3.63) is 47.0 Å². The van der Waals surface area contributed by atoms with Gasteiger partial charge in [-0.3, -0.25) is 0 Å². The Morgan fingerprint density at radius 3 is 2.31 bits per heavy atom. The van der Waals surface area contributed by atoms with Crippen LogP contribution in [-0.4, -0.2) is 6.04 Å². The Morgan fingerprint density at radius 2 is 1.81 bits per heavy atom. The van der Waals surface area contributed by atoms with E-state index in [2.05, 4.69) is 45.5 Å². The second-order valence-corrected chi connectivity index (χ2v) is 4.96. The average Bonchev–Trinajstić information content (AvgIpc) is 2.12. The summed E-state index contributed by atoms with van der Waals surface area (Å²) in [5, 5.41) is 0. The molecule has 1 aromatic rings. The van der Waals surface area contributed by atoms with E-state index in [0.717, 1.165) is 19.3 Å². The van der Waals surface area contributed by atoms with Gasteiger partial charge in [0, 0.05) is 6.04 Å². The first-order chi connectivity index (χ1) is 7.47. The van der Waals surface area contributed by atoms with E-state index in [0.29, 0.717) is 0 Å². The summed E-state index contributed by atoms with van der Waals surface area (Å²) in [7, 11) is 0. The van der Waals surface area contributed by atoms with Crippen molar-refractivity contribution in [2.45, 2.75) is 46.1 Å². The highest BCUT2D eigenvalue weighted by molar-refractivity contribution is 5.29. The Kier molecular flexibility index (Phi) is 4.75. The van der Waals surface area contributed by atoms with Gasteiger partial charge in [-0.1, -0.05) is 34.9 Å². The maximum Gasteiger partial charge on any atom is 0.00823 e. The minimum atomic E-state index is 0.248. The fourth-order valence-corrected chi connectivity index (χ4v) is 2.02. The van der Waals surface area contributed by atoms with Gasteiger partial charge in [0.15, 0.2) is 0 Å². The van der Waals surface area contributed by atoms with E-state index in [1.54, 1.807) is 0 Å². The van der Waals surface area contributed by atoms with Gasteiger partial charge in [0.05, 0.1) is 0 Å². The van der Waals surface area contributed by atoms with Gasteiger partial charge >= 0.3 is 0 Å². The van der Waals surface area contributed by atoms with Gasteiger partial charge in [0.1, 0.15) is 0 Å². The molecule has 88 valence electrons. The number of rotatable bonds is 5. The lowest BCUT2D eigenvalue weighted by Gasteiger charge is -2.12. The molecule has 0 saturated heterocycles. The van der Waals surface area contributed by atoms with Crippen LogP contribution in [-0.2, 0) is 6.42 Å². The summed E-state index contributed by atoms with van der Waals surface area (Å²) in [5.74, 6) is 0. The number of hydrogen-bond donors (Lipinski definition) is 1. The van der Waals surface area contributed by atoms with E-state index in [4.69, 9.17) is 5.73 Å². The third kappa shape index (κ3) is 4.63. The molecule has 0 aliphatic carbocycles. The average molecular weight is 217 g/mol. The SMILES string of the molecule is C=C(C)CCC(N)Cc1cc(C)cc(C)c1. The summed E-state index contributed by atoms with van der Waals surface area (Å²) in [5.41, 5.74) is 11.3. The topological polar surface area (TPSA) is 26.0 Å². The first kappa shape index (κ1) is 13.0. The zero-order chi connectivity index (χ0) is 12.1. The standard InChI is InChI=1S/C15H23N/c1-11(2)5-6-15(16)10-14-8-12(3)7-13(4)9-14/h7-9,15H,1,5-6,10,16H2,2-4H3. The molecule has 1 aromatic carbocycles. The quantitative estimate of drug-likeness (QED) is 0.750. The Bertz CT molecular complexity index is 345. The highest BCUT2D eigenvalue weighted by atomic mass is 14.6. The van der Waals surface area contributed by atoms with Crippen molar-refractivity contribution in [1.29, 1.82) is 0 Å². The van der Waals surface area contributed by atoms with E-state index >= 15 is 0 Å². The summed E-state index contributed by atoms with van der Waals surface area (Å²) >= 11 is 0. The summed E-state index contributed by atoms with van der Waals surface area (Å²) in [6.07, 6.45) is 3.03. The molecule has 1 unspecified atom stereocenters. The number of aryl methyl sites for hydroxylation is 2. The van der Waals surface area contributed by atoms with Crippen LogP contribution in [0.3, 0.4) is 0 Å². The van der Waals surface area contributed by atoms with Crippen LogP contribution < -0.4 is 5.73 Å². The van der Waals surface area contributed by atoms with E-state index in [1.807, 2.05) is 0 Å². The molecule has 0 saturated carbocycles. The maximum absolute atomic E-state index is 6.11. The fraction of sp³-hybridized carbons (Fsp3) is 0.467. The summed E-state index contributed by atoms with van der Waals surface area (Å²) in [6.45, 7) is 10.2. The molecule has 16 heavy (non-hydrogen) atoms. The van der Waals surface area contributed by atoms with Gasteiger partial charge in [-0.15, -0.1) is 6.58 Å². The Labute approximate surface area is 99.4 Å². The molecule has 0 fully saturated rings. The lowest BCUT2D eigenvalue weighted by Crippen LogP contribution is -2.22. The normalized spacial score (nSPS) is 12.5. The van der Waals surface area contributed by atoms with Gasteiger partial charge in [0.25, 0.3) is 0 Å². The van der Waals surface area contributed by atoms with Gasteiger partial charge < -0.3 is 5.73 Å². The molecule has 1 nitrogen and oxygen atoms in total. The molecule has 0 amide bonds. The second-order valence-electron chi connectivity index (χ2n) is 4.96. The minimum absolute atomic E-state index is 0.248. The van der Waals surface area contributed by atoms with Crippen LogP contribution >= 0.6 is 0 Å². The molecule has 1 rings (SSSR count). The predicted octanol–water partition coefficient (Wildman–Crippen LogP) is 3.53. The molecule has 0 aromatic heterocycles. The van der Waals surface area contributed by atoms with Gasteiger partial charge in [0.2, 0.25) is 0 Å². The Morgan fingerprint density at radius 1 is 1.25 bits per heavy atom. The second kappa shape index (κ2) is 5.86. The number of benzene rings is 1. The largest absolute Gasteiger partial charge is 0.327 e. The van der Waals surface area contributed by atoms with Crippen molar-refractivity contribution in [3.63, 3.8) is 0 Å². The molecule has 1 atom stereocenters. The van der Waals surface area contributed by atoms with Crippen LogP contribution in [0.25, 0.3) is 0 Å². The molecular weight excluding hydrogens is 194 g/mol. The van der Waals surface area contributed by atoms with E-state index < -0.39 is 0 Å². The summed E-state index contributed by atoms with van der Waals surface area (Å²) in [4.78, 5) is 0. The van der Waals surface area contributed by atoms with Crippen LogP contribution in [0.4, 0.5) is 0 Å². The lowest BCUT2D eigenvalue weighted by atomic mass is 9.98. The predicted molar refractivity (Wildman–Crippen MR) is 71.6 cm³/mol. The van der Waals surface area contributed by atoms with E-state index in [9.17, 15) is 0 Å². The maximum atomic E-state index is 6.11. The number of nitrogens with two attached hydrogens (primary N) is 1. The van der Waals surface area contributed by atoms with Crippen molar-refractivity contribution in [2.75, 3.05) is 0 Å². The smallest absolute Gasteiger partial charge is 0.00823 e. The highest BCUT2D eigenvalue weighted by Gasteiger charge is 2.05. The van der Waals surface area contributed by atoms with Crippen LogP contribution in [0.15, 0.2) is 30.4 Å². The number of hydrogen-bond acceptors (Lipinski definition) is 1. The fourth-order valence-electron chi connectivity index (χ4n) is 2.02. The molecule has 0 aliphatic heterocycles. The zero-order valence-electron chi connectivity index (χ0n) is 10.7. The van der Waals surface area contributed by atoms with Crippen molar-refractivity contribution in [2.24, 2.45) is 5.73 Å². The lowest BCUT2D eigenvalue weighted by molar-refractivity contribution is 0.608. The van der Waals surface area contributed by atoms with Crippen molar-refractivity contribution in [3.8, 4) is 0 Å². The van der Waals surface area contributed by atoms with Gasteiger partial charge in [-0.2, -0.15) is 0 Å². The molecular formula is C15H23N. The minimum Gasteiger partial charge on any atom is -0.327 e. The van der Waals surface area contributed by atoms with Crippen molar-refractivity contribution < 1.29 is 0 Å². The van der Waals surface area contributed by atoms with E-state index in [1.165, 1.54) is 22.3 Å². The van der Waals surface area contributed by atoms with Crippen molar-refractivity contribution >= 4 is 0 Å². The molecule has 0 bridgehead atoms. The van der Waals surface area contributed by atoms with Crippen LogP contribution in [0.5, 0.6) is 0 Å². The number of allylic oxidation sites excluding steroid dienone is 1. The van der Waals surface area contributed by atoms with Crippen molar-refractivity contribution in [1.82, 2.24) is 0 Å². The third-order valence-electron chi connectivity index (χ3n) is 2.72. The summed E-state index contributed by atoms with van der Waals surface area (Å²) in [6, 6.07) is 6.90. The highest BCUT2D eigenvalue weighted by Crippen LogP contribution is 2.13. The molecule has 0 heterocycles. The van der Waals surface area contributed by atoms with Crippen LogP contribution in [0.2, 0.25) is 0 Å². The molecule has 1 heteroatoms. The molecule has 0 radical (unpaired) electrons. The van der Waals surface area contributed by atoms with E-state index in [-0.39, 0.29) is 6.04 Å². The monoisotopic (exact) mass is 217 g/mol. The van der Waals surface area contributed by atoms with Gasteiger partial charge in [-0.05, 0) is 45.6 Å².